The van der Waals surface area contributed by atoms with Crippen molar-refractivity contribution in [2.75, 3.05) is 6.54 Å². The standard InChI is InChI=1S/C11H13NO/c13-11-8-10(6-7-12-11)9-4-2-1-3-5-9/h1-5,10H,6-8H2,(H,12,13)/t10-/m1/s1. The summed E-state index contributed by atoms with van der Waals surface area (Å²) in [7, 11) is 0. The van der Waals surface area contributed by atoms with Gasteiger partial charge in [-0.1, -0.05) is 30.3 Å². The second kappa shape index (κ2) is 3.60. The van der Waals surface area contributed by atoms with E-state index in [-0.39, 0.29) is 5.91 Å². The maximum absolute atomic E-state index is 11.1. The fraction of sp³-hybridized carbons (Fsp3) is 0.364. The number of benzene rings is 1. The summed E-state index contributed by atoms with van der Waals surface area (Å²) in [6.07, 6.45) is 1.71. The smallest absolute Gasteiger partial charge is 0.220 e. The molecule has 0 saturated carbocycles. The highest BCUT2D eigenvalue weighted by molar-refractivity contribution is 5.77. The molecule has 0 spiro atoms. The molecule has 1 amide bonds. The van der Waals surface area contributed by atoms with Crippen molar-refractivity contribution in [2.24, 2.45) is 0 Å². The highest BCUT2D eigenvalue weighted by Gasteiger charge is 2.19. The quantitative estimate of drug-likeness (QED) is 0.691. The molecule has 13 heavy (non-hydrogen) atoms. The van der Waals surface area contributed by atoms with E-state index < -0.39 is 0 Å². The fourth-order valence-electron chi connectivity index (χ4n) is 1.79. The molecule has 68 valence electrons. The van der Waals surface area contributed by atoms with Crippen molar-refractivity contribution in [2.45, 2.75) is 18.8 Å². The van der Waals surface area contributed by atoms with Gasteiger partial charge >= 0.3 is 0 Å². The maximum atomic E-state index is 11.1. The van der Waals surface area contributed by atoms with Gasteiger partial charge in [0.2, 0.25) is 5.91 Å². The summed E-state index contributed by atoms with van der Waals surface area (Å²) < 4.78 is 0. The Morgan fingerprint density at radius 1 is 1.23 bits per heavy atom. The van der Waals surface area contributed by atoms with E-state index in [0.29, 0.717) is 12.3 Å². The van der Waals surface area contributed by atoms with Gasteiger partial charge in [-0.2, -0.15) is 0 Å². The number of piperidine rings is 1. The lowest BCUT2D eigenvalue weighted by Crippen LogP contribution is -2.32. The van der Waals surface area contributed by atoms with Crippen LogP contribution in [-0.4, -0.2) is 12.5 Å². The third-order valence-corrected chi connectivity index (χ3v) is 2.52. The summed E-state index contributed by atoms with van der Waals surface area (Å²) in [6.45, 7) is 0.818. The Hall–Kier alpha value is -1.31. The Morgan fingerprint density at radius 2 is 2.00 bits per heavy atom. The molecular weight excluding hydrogens is 162 g/mol. The van der Waals surface area contributed by atoms with Crippen molar-refractivity contribution in [3.8, 4) is 0 Å². The van der Waals surface area contributed by atoms with E-state index in [2.05, 4.69) is 17.4 Å². The first-order valence-electron chi connectivity index (χ1n) is 4.68. The molecule has 1 atom stereocenters. The number of carbonyl (C=O) groups is 1. The van der Waals surface area contributed by atoms with E-state index in [1.54, 1.807) is 0 Å². The van der Waals surface area contributed by atoms with Gasteiger partial charge in [-0.25, -0.2) is 0 Å². The average molecular weight is 175 g/mol. The Bertz CT molecular complexity index is 294. The predicted molar refractivity (Wildman–Crippen MR) is 51.4 cm³/mol. The summed E-state index contributed by atoms with van der Waals surface area (Å²) in [6, 6.07) is 10.3. The van der Waals surface area contributed by atoms with Crippen LogP contribution >= 0.6 is 0 Å². The molecule has 2 nitrogen and oxygen atoms in total. The number of nitrogens with one attached hydrogen (secondary N) is 1. The van der Waals surface area contributed by atoms with Crippen LogP contribution in [0.25, 0.3) is 0 Å². The van der Waals surface area contributed by atoms with Gasteiger partial charge in [-0.05, 0) is 17.9 Å². The molecule has 1 aliphatic heterocycles. The Balaban J connectivity index is 2.13. The van der Waals surface area contributed by atoms with Crippen molar-refractivity contribution in [3.05, 3.63) is 35.9 Å². The third kappa shape index (κ3) is 1.89. The van der Waals surface area contributed by atoms with E-state index in [1.165, 1.54) is 5.56 Å². The first-order chi connectivity index (χ1) is 6.36. The van der Waals surface area contributed by atoms with E-state index >= 15 is 0 Å². The molecule has 0 aliphatic carbocycles. The zero-order valence-corrected chi connectivity index (χ0v) is 7.49. The maximum Gasteiger partial charge on any atom is 0.220 e. The van der Waals surface area contributed by atoms with Gasteiger partial charge in [0.15, 0.2) is 0 Å². The van der Waals surface area contributed by atoms with Crippen molar-refractivity contribution >= 4 is 5.91 Å². The van der Waals surface area contributed by atoms with Crippen LogP contribution in [0.4, 0.5) is 0 Å². The number of amides is 1. The highest BCUT2D eigenvalue weighted by Crippen LogP contribution is 2.24. The van der Waals surface area contributed by atoms with E-state index in [0.717, 1.165) is 13.0 Å². The second-order valence-corrected chi connectivity index (χ2v) is 3.45. The normalized spacial score (nSPS) is 22.5. The van der Waals surface area contributed by atoms with Crippen LogP contribution in [0.2, 0.25) is 0 Å². The molecule has 1 saturated heterocycles. The minimum absolute atomic E-state index is 0.181. The zero-order valence-electron chi connectivity index (χ0n) is 7.49. The average Bonchev–Trinajstić information content (AvgIpc) is 2.19. The summed E-state index contributed by atoms with van der Waals surface area (Å²) in [4.78, 5) is 11.1. The fourth-order valence-corrected chi connectivity index (χ4v) is 1.79. The molecule has 1 aromatic carbocycles. The van der Waals surface area contributed by atoms with Gasteiger partial charge in [0.1, 0.15) is 0 Å². The van der Waals surface area contributed by atoms with Gasteiger partial charge in [-0.3, -0.25) is 4.79 Å². The van der Waals surface area contributed by atoms with Crippen LogP contribution in [0, 0.1) is 0 Å². The van der Waals surface area contributed by atoms with Gasteiger partial charge < -0.3 is 5.32 Å². The Kier molecular flexibility index (Phi) is 2.30. The molecule has 1 fully saturated rings. The Morgan fingerprint density at radius 3 is 2.69 bits per heavy atom. The van der Waals surface area contributed by atoms with Crippen molar-refractivity contribution in [1.29, 1.82) is 0 Å². The second-order valence-electron chi connectivity index (χ2n) is 3.45. The van der Waals surface area contributed by atoms with E-state index in [1.807, 2.05) is 18.2 Å². The third-order valence-electron chi connectivity index (χ3n) is 2.52. The molecule has 2 rings (SSSR count). The number of rotatable bonds is 1. The highest BCUT2D eigenvalue weighted by atomic mass is 16.1. The SMILES string of the molecule is O=C1C[C@H](c2ccccc2)CCN1. The molecule has 1 aliphatic rings. The minimum atomic E-state index is 0.181. The van der Waals surface area contributed by atoms with Crippen LogP contribution in [0.1, 0.15) is 24.3 Å². The number of hydrogen-bond acceptors (Lipinski definition) is 1. The van der Waals surface area contributed by atoms with Gasteiger partial charge in [0.25, 0.3) is 0 Å². The lowest BCUT2D eigenvalue weighted by atomic mass is 9.90. The molecule has 2 heteroatoms. The summed E-state index contributed by atoms with van der Waals surface area (Å²) in [5.41, 5.74) is 1.29. The largest absolute Gasteiger partial charge is 0.356 e. The molecule has 0 unspecified atom stereocenters. The summed E-state index contributed by atoms with van der Waals surface area (Å²) in [5.74, 6) is 0.607. The van der Waals surface area contributed by atoms with Crippen LogP contribution in [0.15, 0.2) is 30.3 Å². The molecule has 0 radical (unpaired) electrons. The number of hydrogen-bond donors (Lipinski definition) is 1. The van der Waals surface area contributed by atoms with Crippen LogP contribution in [0.3, 0.4) is 0 Å². The molecule has 1 heterocycles. The molecule has 1 N–H and O–H groups in total. The van der Waals surface area contributed by atoms with Crippen molar-refractivity contribution < 1.29 is 4.79 Å². The lowest BCUT2D eigenvalue weighted by Gasteiger charge is -2.22. The summed E-state index contributed by atoms with van der Waals surface area (Å²) >= 11 is 0. The van der Waals surface area contributed by atoms with Crippen LogP contribution < -0.4 is 5.32 Å². The van der Waals surface area contributed by atoms with Crippen molar-refractivity contribution in [1.82, 2.24) is 5.32 Å². The monoisotopic (exact) mass is 175 g/mol. The van der Waals surface area contributed by atoms with Crippen LogP contribution in [-0.2, 0) is 4.79 Å². The van der Waals surface area contributed by atoms with Crippen LogP contribution in [0.5, 0.6) is 0 Å². The minimum Gasteiger partial charge on any atom is -0.356 e. The van der Waals surface area contributed by atoms with Gasteiger partial charge in [0.05, 0.1) is 0 Å². The Labute approximate surface area is 78.0 Å². The topological polar surface area (TPSA) is 29.1 Å². The first kappa shape index (κ1) is 8.30. The predicted octanol–water partition coefficient (Wildman–Crippen LogP) is 1.68. The molecule has 0 bridgehead atoms. The van der Waals surface area contributed by atoms with E-state index in [9.17, 15) is 4.79 Å². The van der Waals surface area contributed by atoms with Crippen molar-refractivity contribution in [3.63, 3.8) is 0 Å². The zero-order chi connectivity index (χ0) is 9.10. The molecular formula is C11H13NO. The van der Waals surface area contributed by atoms with Gasteiger partial charge in [0, 0.05) is 13.0 Å². The summed E-state index contributed by atoms with van der Waals surface area (Å²) in [5, 5.41) is 2.84. The molecule has 0 aromatic heterocycles. The van der Waals surface area contributed by atoms with E-state index in [4.69, 9.17) is 0 Å². The molecule has 1 aromatic rings. The first-order valence-corrected chi connectivity index (χ1v) is 4.68. The lowest BCUT2D eigenvalue weighted by molar-refractivity contribution is -0.122. The number of carbonyl (C=O) groups excluding carboxylic acids is 1. The van der Waals surface area contributed by atoms with Gasteiger partial charge in [-0.15, -0.1) is 0 Å².